The van der Waals surface area contributed by atoms with Crippen molar-refractivity contribution in [1.29, 1.82) is 0 Å². The Morgan fingerprint density at radius 2 is 0.517 bits per heavy atom. The molecule has 0 heteroatoms. The van der Waals surface area contributed by atoms with Crippen LogP contribution in [0.2, 0.25) is 0 Å². The zero-order valence-electron chi connectivity index (χ0n) is 32.8. The Labute approximate surface area is 347 Å². The standard InChI is InChI=1S/C60H36/c1-2-12-51-39(6-1)7-5-13-52(51)50-35-48(37-14-18-40(19-15-37)53-30-26-46-24-22-42-8-3-10-44-28-32-55(53)59(46)57(42)44)34-49(36-50)38-16-20-41(21-17-38)54-31-27-47-25-23-43-9-4-11-45-29-33-56(54)60(47)58(43)45/h1-36H. The summed E-state index contributed by atoms with van der Waals surface area (Å²) in [6, 6.07) is 81.5. The summed E-state index contributed by atoms with van der Waals surface area (Å²) in [5, 5.41) is 18.3. The summed E-state index contributed by atoms with van der Waals surface area (Å²) in [4.78, 5) is 0. The van der Waals surface area contributed by atoms with E-state index in [0.717, 1.165) is 0 Å². The Morgan fingerprint density at radius 3 is 1.03 bits per heavy atom. The van der Waals surface area contributed by atoms with Crippen molar-refractivity contribution in [1.82, 2.24) is 0 Å². The van der Waals surface area contributed by atoms with E-state index < -0.39 is 0 Å². The van der Waals surface area contributed by atoms with E-state index in [1.165, 1.54) is 131 Å². The van der Waals surface area contributed by atoms with Crippen molar-refractivity contribution in [3.05, 3.63) is 218 Å². The molecule has 0 amide bonds. The maximum Gasteiger partial charge on any atom is -0.00206 e. The second-order valence-corrected chi connectivity index (χ2v) is 16.4. The van der Waals surface area contributed by atoms with Crippen LogP contribution in [0, 0.1) is 0 Å². The zero-order chi connectivity index (χ0) is 39.3. The summed E-state index contributed by atoms with van der Waals surface area (Å²) in [5.41, 5.74) is 12.2. The van der Waals surface area contributed by atoms with Crippen molar-refractivity contribution in [2.45, 2.75) is 0 Å². The highest BCUT2D eigenvalue weighted by Crippen LogP contribution is 2.43. The lowest BCUT2D eigenvalue weighted by Crippen LogP contribution is -1.89. The molecule has 13 aromatic rings. The molecule has 0 radical (unpaired) electrons. The molecule has 0 aliphatic rings. The SMILES string of the molecule is c1ccc2c(-c3cc(-c4ccc(-c5ccc6ccc7cccc8ccc5c6c78)cc4)cc(-c4ccc(-c5ccc6ccc7cccc8ccc5c6c78)cc4)c3)cccc2c1. The van der Waals surface area contributed by atoms with Crippen LogP contribution in [-0.2, 0) is 0 Å². The first-order valence-corrected chi connectivity index (χ1v) is 20.9. The van der Waals surface area contributed by atoms with Crippen molar-refractivity contribution in [2.75, 3.05) is 0 Å². The number of fused-ring (bicyclic) bond motifs is 1. The average molecular weight is 757 g/mol. The van der Waals surface area contributed by atoms with Crippen molar-refractivity contribution in [3.63, 3.8) is 0 Å². The van der Waals surface area contributed by atoms with Gasteiger partial charge in [-0.2, -0.15) is 0 Å². The lowest BCUT2D eigenvalue weighted by atomic mass is 9.88. The van der Waals surface area contributed by atoms with Crippen LogP contribution < -0.4 is 0 Å². The lowest BCUT2D eigenvalue weighted by Gasteiger charge is -2.16. The van der Waals surface area contributed by atoms with Crippen LogP contribution in [0.25, 0.3) is 131 Å². The Kier molecular flexibility index (Phi) is 7.11. The van der Waals surface area contributed by atoms with Gasteiger partial charge in [0, 0.05) is 0 Å². The quantitative estimate of drug-likeness (QED) is 0.153. The summed E-state index contributed by atoms with van der Waals surface area (Å²) >= 11 is 0. The maximum absolute atomic E-state index is 2.37. The molecule has 60 heavy (non-hydrogen) atoms. The van der Waals surface area contributed by atoms with Crippen molar-refractivity contribution >= 4 is 75.4 Å². The molecule has 0 atom stereocenters. The third kappa shape index (κ3) is 5.04. The molecule has 13 aromatic carbocycles. The van der Waals surface area contributed by atoms with Gasteiger partial charge in [-0.25, -0.2) is 0 Å². The predicted molar refractivity (Wildman–Crippen MR) is 259 cm³/mol. The summed E-state index contributed by atoms with van der Waals surface area (Å²) in [7, 11) is 0. The highest BCUT2D eigenvalue weighted by atomic mass is 14.2. The average Bonchev–Trinajstić information content (AvgIpc) is 3.32. The van der Waals surface area contributed by atoms with Gasteiger partial charge in [0.05, 0.1) is 0 Å². The molecule has 0 bridgehead atoms. The fraction of sp³-hybridized carbons (Fsp3) is 0. The first-order chi connectivity index (χ1) is 29.7. The van der Waals surface area contributed by atoms with Crippen LogP contribution in [-0.4, -0.2) is 0 Å². The minimum absolute atomic E-state index is 1.20. The van der Waals surface area contributed by atoms with Crippen molar-refractivity contribution in [2.24, 2.45) is 0 Å². The smallest absolute Gasteiger partial charge is 0.00206 e. The topological polar surface area (TPSA) is 0 Å². The summed E-state index contributed by atoms with van der Waals surface area (Å²) in [6.45, 7) is 0. The molecule has 276 valence electrons. The van der Waals surface area contributed by atoms with Gasteiger partial charge < -0.3 is 0 Å². The molecule has 0 heterocycles. The maximum atomic E-state index is 2.37. The largest absolute Gasteiger partial charge is 0.0616 e. The van der Waals surface area contributed by atoms with E-state index in [4.69, 9.17) is 0 Å². The molecule has 0 aliphatic carbocycles. The van der Waals surface area contributed by atoms with Gasteiger partial charge in [0.15, 0.2) is 0 Å². The Bertz CT molecular complexity index is 3550. The highest BCUT2D eigenvalue weighted by Gasteiger charge is 2.16. The van der Waals surface area contributed by atoms with Gasteiger partial charge in [0.2, 0.25) is 0 Å². The van der Waals surface area contributed by atoms with Gasteiger partial charge in [-0.15, -0.1) is 0 Å². The summed E-state index contributed by atoms with van der Waals surface area (Å²) < 4.78 is 0. The molecule has 0 spiro atoms. The molecule has 13 rings (SSSR count). The van der Waals surface area contributed by atoms with Crippen LogP contribution in [0.4, 0.5) is 0 Å². The normalized spacial score (nSPS) is 12.0. The first-order valence-electron chi connectivity index (χ1n) is 20.9. The van der Waals surface area contributed by atoms with Gasteiger partial charge in [-0.05, 0) is 149 Å². The van der Waals surface area contributed by atoms with E-state index in [0.29, 0.717) is 0 Å². The number of benzene rings is 13. The van der Waals surface area contributed by atoms with Crippen LogP contribution in [0.1, 0.15) is 0 Å². The predicted octanol–water partition coefficient (Wildman–Crippen LogP) is 17.0. The lowest BCUT2D eigenvalue weighted by molar-refractivity contribution is 1.57. The minimum Gasteiger partial charge on any atom is -0.0616 e. The van der Waals surface area contributed by atoms with Crippen molar-refractivity contribution in [3.8, 4) is 55.6 Å². The molecule has 0 nitrogen and oxygen atoms in total. The molecule has 0 fully saturated rings. The highest BCUT2D eigenvalue weighted by molar-refractivity contribution is 6.26. The molecule has 0 aliphatic heterocycles. The van der Waals surface area contributed by atoms with Gasteiger partial charge in [-0.3, -0.25) is 0 Å². The summed E-state index contributed by atoms with van der Waals surface area (Å²) in [6.07, 6.45) is 0. The Morgan fingerprint density at radius 1 is 0.167 bits per heavy atom. The van der Waals surface area contributed by atoms with Crippen LogP contribution in [0.15, 0.2) is 218 Å². The van der Waals surface area contributed by atoms with Gasteiger partial charge in [0.1, 0.15) is 0 Å². The number of rotatable bonds is 5. The molecular weight excluding hydrogens is 721 g/mol. The number of hydrogen-bond acceptors (Lipinski definition) is 0. The van der Waals surface area contributed by atoms with Crippen LogP contribution in [0.5, 0.6) is 0 Å². The van der Waals surface area contributed by atoms with E-state index in [1.807, 2.05) is 0 Å². The minimum atomic E-state index is 1.20. The molecule has 0 saturated heterocycles. The van der Waals surface area contributed by atoms with Gasteiger partial charge in [0.25, 0.3) is 0 Å². The Balaban J connectivity index is 0.929. The zero-order valence-corrected chi connectivity index (χ0v) is 32.8. The Hall–Kier alpha value is -7.80. The fourth-order valence-electron chi connectivity index (χ4n) is 10.3. The molecule has 0 N–H and O–H groups in total. The van der Waals surface area contributed by atoms with E-state index in [9.17, 15) is 0 Å². The van der Waals surface area contributed by atoms with E-state index in [1.54, 1.807) is 0 Å². The molecule has 0 unspecified atom stereocenters. The van der Waals surface area contributed by atoms with E-state index in [-0.39, 0.29) is 0 Å². The third-order valence-electron chi connectivity index (χ3n) is 13.1. The molecule has 0 aromatic heterocycles. The summed E-state index contributed by atoms with van der Waals surface area (Å²) in [5.74, 6) is 0. The molecule has 0 saturated carbocycles. The first kappa shape index (κ1) is 33.2. The van der Waals surface area contributed by atoms with E-state index in [2.05, 4.69) is 218 Å². The van der Waals surface area contributed by atoms with Crippen LogP contribution in [0.3, 0.4) is 0 Å². The van der Waals surface area contributed by atoms with Crippen molar-refractivity contribution < 1.29 is 0 Å². The van der Waals surface area contributed by atoms with E-state index >= 15 is 0 Å². The molecular formula is C60H36. The second-order valence-electron chi connectivity index (χ2n) is 16.4. The third-order valence-corrected chi connectivity index (χ3v) is 13.1. The van der Waals surface area contributed by atoms with Gasteiger partial charge in [-0.1, -0.05) is 200 Å². The number of hydrogen-bond donors (Lipinski definition) is 0. The van der Waals surface area contributed by atoms with Crippen LogP contribution >= 0.6 is 0 Å². The second kappa shape index (κ2) is 12.9. The monoisotopic (exact) mass is 756 g/mol. The fourth-order valence-corrected chi connectivity index (χ4v) is 10.3. The van der Waals surface area contributed by atoms with Gasteiger partial charge >= 0.3 is 0 Å².